The minimum absolute atomic E-state index is 0.134. The molecule has 0 spiro atoms. The third-order valence-electron chi connectivity index (χ3n) is 4.18. The third kappa shape index (κ3) is 2.91. The van der Waals surface area contributed by atoms with Gasteiger partial charge in [-0.3, -0.25) is 0 Å². The second kappa shape index (κ2) is 5.27. The molecular formula is C18H26N4. The average molecular weight is 298 g/mol. The summed E-state index contributed by atoms with van der Waals surface area (Å²) < 4.78 is 0. The van der Waals surface area contributed by atoms with Crippen molar-refractivity contribution in [2.75, 3.05) is 37.2 Å². The molecule has 22 heavy (non-hydrogen) atoms. The molecule has 0 bridgehead atoms. The van der Waals surface area contributed by atoms with E-state index < -0.39 is 0 Å². The van der Waals surface area contributed by atoms with E-state index in [1.807, 2.05) is 0 Å². The van der Waals surface area contributed by atoms with Gasteiger partial charge in [-0.2, -0.15) is 0 Å². The molecule has 0 saturated carbocycles. The lowest BCUT2D eigenvalue weighted by Crippen LogP contribution is -2.25. The lowest BCUT2D eigenvalue weighted by molar-refractivity contribution is 0.494. The van der Waals surface area contributed by atoms with Crippen LogP contribution in [0, 0.1) is 0 Å². The standard InChI is InChI=1S/C18H26N4/c1-18(2,3)15-10-16(21-8-6-19(4)13-21)12-17(11-15)22-9-7-20(5)14-22/h6-12H,13-14H2,1-5H3. The number of benzene rings is 1. The van der Waals surface area contributed by atoms with E-state index in [9.17, 15) is 0 Å². The van der Waals surface area contributed by atoms with Gasteiger partial charge in [-0.05, 0) is 29.2 Å². The largest absolute Gasteiger partial charge is 0.361 e. The molecule has 4 heteroatoms. The Morgan fingerprint density at radius 3 is 1.50 bits per heavy atom. The van der Waals surface area contributed by atoms with Gasteiger partial charge in [0, 0.05) is 50.3 Å². The van der Waals surface area contributed by atoms with Crippen molar-refractivity contribution in [2.45, 2.75) is 26.2 Å². The summed E-state index contributed by atoms with van der Waals surface area (Å²) in [4.78, 5) is 8.96. The number of rotatable bonds is 2. The third-order valence-corrected chi connectivity index (χ3v) is 4.18. The van der Waals surface area contributed by atoms with Gasteiger partial charge in [0.05, 0.1) is 13.3 Å². The topological polar surface area (TPSA) is 13.0 Å². The fraction of sp³-hybridized carbons (Fsp3) is 0.444. The van der Waals surface area contributed by atoms with Gasteiger partial charge in [-0.25, -0.2) is 0 Å². The zero-order valence-electron chi connectivity index (χ0n) is 14.2. The van der Waals surface area contributed by atoms with Gasteiger partial charge < -0.3 is 19.6 Å². The van der Waals surface area contributed by atoms with Gasteiger partial charge in [0.15, 0.2) is 0 Å². The Kier molecular flexibility index (Phi) is 3.55. The summed E-state index contributed by atoms with van der Waals surface area (Å²) >= 11 is 0. The van der Waals surface area contributed by atoms with Crippen molar-refractivity contribution in [1.82, 2.24) is 9.80 Å². The molecule has 2 aliphatic heterocycles. The molecule has 0 unspecified atom stereocenters. The van der Waals surface area contributed by atoms with Crippen molar-refractivity contribution in [3.63, 3.8) is 0 Å². The summed E-state index contributed by atoms with van der Waals surface area (Å²) in [6.45, 7) is 8.63. The van der Waals surface area contributed by atoms with Crippen LogP contribution in [0.25, 0.3) is 0 Å². The van der Waals surface area contributed by atoms with Gasteiger partial charge >= 0.3 is 0 Å². The molecule has 0 radical (unpaired) electrons. The summed E-state index contributed by atoms with van der Waals surface area (Å²) in [5, 5.41) is 0. The molecule has 0 N–H and O–H groups in total. The molecule has 2 aliphatic rings. The number of hydrogen-bond acceptors (Lipinski definition) is 4. The predicted molar refractivity (Wildman–Crippen MR) is 93.6 cm³/mol. The van der Waals surface area contributed by atoms with Gasteiger partial charge in [0.25, 0.3) is 0 Å². The molecule has 4 nitrogen and oxygen atoms in total. The molecule has 2 heterocycles. The van der Waals surface area contributed by atoms with E-state index in [1.165, 1.54) is 16.9 Å². The Labute approximate surface area is 133 Å². The number of anilines is 2. The lowest BCUT2D eigenvalue weighted by atomic mass is 9.86. The molecule has 3 rings (SSSR count). The molecule has 0 fully saturated rings. The van der Waals surface area contributed by atoms with Gasteiger partial charge in [0.1, 0.15) is 0 Å². The summed E-state index contributed by atoms with van der Waals surface area (Å²) in [5.74, 6) is 0. The summed E-state index contributed by atoms with van der Waals surface area (Å²) in [5.41, 5.74) is 4.01. The smallest absolute Gasteiger partial charge is 0.0938 e. The molecule has 0 aliphatic carbocycles. The molecule has 118 valence electrons. The first-order valence-corrected chi connectivity index (χ1v) is 7.79. The van der Waals surface area contributed by atoms with Crippen LogP contribution in [0.3, 0.4) is 0 Å². The Morgan fingerprint density at radius 1 is 0.727 bits per heavy atom. The van der Waals surface area contributed by atoms with E-state index in [2.05, 4.69) is 97.5 Å². The van der Waals surface area contributed by atoms with Crippen LogP contribution >= 0.6 is 0 Å². The van der Waals surface area contributed by atoms with E-state index in [1.54, 1.807) is 0 Å². The summed E-state index contributed by atoms with van der Waals surface area (Å²) in [6, 6.07) is 6.91. The highest BCUT2D eigenvalue weighted by Gasteiger charge is 2.21. The van der Waals surface area contributed by atoms with Crippen LogP contribution in [0.5, 0.6) is 0 Å². The Morgan fingerprint density at radius 2 is 1.18 bits per heavy atom. The SMILES string of the molecule is CN1C=CN(c2cc(N3C=CN(C)C3)cc(C(C)(C)C)c2)C1. The van der Waals surface area contributed by atoms with Crippen LogP contribution in [0.2, 0.25) is 0 Å². The quantitative estimate of drug-likeness (QED) is 0.830. The van der Waals surface area contributed by atoms with Crippen LogP contribution < -0.4 is 9.80 Å². The van der Waals surface area contributed by atoms with E-state index in [0.29, 0.717) is 0 Å². The Bertz CT molecular complexity index is 568. The minimum Gasteiger partial charge on any atom is -0.361 e. The second-order valence-electron chi connectivity index (χ2n) is 7.32. The first kappa shape index (κ1) is 14.8. The van der Waals surface area contributed by atoms with Gasteiger partial charge in [0.2, 0.25) is 0 Å². The predicted octanol–water partition coefficient (Wildman–Crippen LogP) is 3.35. The zero-order valence-corrected chi connectivity index (χ0v) is 14.2. The van der Waals surface area contributed by atoms with Crippen LogP contribution in [-0.2, 0) is 5.41 Å². The highest BCUT2D eigenvalue weighted by Crippen LogP contribution is 2.33. The van der Waals surface area contributed by atoms with Gasteiger partial charge in [-0.15, -0.1) is 0 Å². The zero-order chi connectivity index (χ0) is 15.9. The molecular weight excluding hydrogens is 272 g/mol. The molecule has 1 aromatic rings. The van der Waals surface area contributed by atoms with Crippen LogP contribution in [-0.4, -0.2) is 37.2 Å². The first-order chi connectivity index (χ1) is 10.3. The van der Waals surface area contributed by atoms with Crippen molar-refractivity contribution in [3.8, 4) is 0 Å². The second-order valence-corrected chi connectivity index (χ2v) is 7.32. The van der Waals surface area contributed by atoms with Crippen LogP contribution in [0.15, 0.2) is 43.0 Å². The average Bonchev–Trinajstić information content (AvgIpc) is 3.06. The van der Waals surface area contributed by atoms with Crippen molar-refractivity contribution < 1.29 is 0 Å². The molecule has 0 amide bonds. The Hall–Kier alpha value is -2.10. The minimum atomic E-state index is 0.134. The normalized spacial score (nSPS) is 18.0. The maximum absolute atomic E-state index is 2.32. The lowest BCUT2D eigenvalue weighted by Gasteiger charge is -2.27. The van der Waals surface area contributed by atoms with Crippen molar-refractivity contribution in [2.24, 2.45) is 0 Å². The van der Waals surface area contributed by atoms with Crippen molar-refractivity contribution in [1.29, 1.82) is 0 Å². The maximum Gasteiger partial charge on any atom is 0.0938 e. The number of nitrogens with zero attached hydrogens (tertiary/aromatic N) is 4. The molecule has 0 atom stereocenters. The first-order valence-electron chi connectivity index (χ1n) is 7.79. The van der Waals surface area contributed by atoms with E-state index in [0.717, 1.165) is 13.3 Å². The van der Waals surface area contributed by atoms with Crippen molar-refractivity contribution >= 4 is 11.4 Å². The molecule has 0 saturated heterocycles. The molecule has 1 aromatic carbocycles. The maximum atomic E-state index is 2.32. The van der Waals surface area contributed by atoms with E-state index >= 15 is 0 Å². The Balaban J connectivity index is 1.99. The fourth-order valence-corrected chi connectivity index (χ4v) is 2.75. The monoisotopic (exact) mass is 298 g/mol. The van der Waals surface area contributed by atoms with Crippen molar-refractivity contribution in [3.05, 3.63) is 48.6 Å². The van der Waals surface area contributed by atoms with E-state index in [-0.39, 0.29) is 5.41 Å². The van der Waals surface area contributed by atoms with Crippen LogP contribution in [0.1, 0.15) is 26.3 Å². The summed E-state index contributed by atoms with van der Waals surface area (Å²) in [7, 11) is 4.20. The molecule has 0 aromatic heterocycles. The highest BCUT2D eigenvalue weighted by molar-refractivity contribution is 5.65. The van der Waals surface area contributed by atoms with Crippen LogP contribution in [0.4, 0.5) is 11.4 Å². The number of hydrogen-bond donors (Lipinski definition) is 0. The fourth-order valence-electron chi connectivity index (χ4n) is 2.75. The van der Waals surface area contributed by atoms with Gasteiger partial charge in [-0.1, -0.05) is 20.8 Å². The summed E-state index contributed by atoms with van der Waals surface area (Å²) in [6.07, 6.45) is 8.54. The highest BCUT2D eigenvalue weighted by atomic mass is 15.3. The van der Waals surface area contributed by atoms with E-state index in [4.69, 9.17) is 0 Å².